The van der Waals surface area contributed by atoms with Crippen molar-refractivity contribution in [2.24, 2.45) is 0 Å². The van der Waals surface area contributed by atoms with E-state index in [0.29, 0.717) is 17.7 Å². The molecule has 0 radical (unpaired) electrons. The maximum absolute atomic E-state index is 13.0. The zero-order chi connectivity index (χ0) is 22.1. The van der Waals surface area contributed by atoms with Gasteiger partial charge >= 0.3 is 0 Å². The summed E-state index contributed by atoms with van der Waals surface area (Å²) in [7, 11) is 0. The summed E-state index contributed by atoms with van der Waals surface area (Å²) in [5, 5.41) is 1.75. The molecule has 4 heteroatoms. The van der Waals surface area contributed by atoms with Gasteiger partial charge < -0.3 is 0 Å². The Labute approximate surface area is 189 Å². The molecule has 0 bridgehead atoms. The maximum Gasteiger partial charge on any atom is 0.261 e. The SMILES string of the molecule is Cc1cccc(C2=CCN(CCCCN3C(=O)c4cccc5cccc(c45)C3=O)CC2)c1. The summed E-state index contributed by atoms with van der Waals surface area (Å²) in [4.78, 5) is 29.9. The first kappa shape index (κ1) is 20.7. The Morgan fingerprint density at radius 1 is 0.844 bits per heavy atom. The van der Waals surface area contributed by atoms with E-state index in [1.54, 1.807) is 0 Å². The molecule has 2 aliphatic heterocycles. The van der Waals surface area contributed by atoms with Crippen molar-refractivity contribution in [2.75, 3.05) is 26.2 Å². The van der Waals surface area contributed by atoms with Crippen LogP contribution in [0, 0.1) is 6.92 Å². The number of imide groups is 1. The monoisotopic (exact) mass is 424 g/mol. The molecule has 3 aromatic carbocycles. The molecule has 4 nitrogen and oxygen atoms in total. The zero-order valence-corrected chi connectivity index (χ0v) is 18.5. The number of nitrogens with zero attached hydrogens (tertiary/aromatic N) is 2. The standard InChI is InChI=1S/C28H28N2O2/c1-20-7-4-10-23(19-20)21-13-17-29(18-14-21)15-2-3-16-30-27(31)24-11-5-8-22-9-6-12-25(26(22)24)28(30)32/h4-13,19H,2-3,14-18H2,1H3. The normalized spacial score (nSPS) is 16.5. The molecule has 2 amide bonds. The second-order valence-corrected chi connectivity index (χ2v) is 8.83. The zero-order valence-electron chi connectivity index (χ0n) is 18.5. The highest BCUT2D eigenvalue weighted by Crippen LogP contribution is 2.30. The minimum Gasteiger partial charge on any atom is -0.299 e. The molecule has 3 aromatic rings. The van der Waals surface area contributed by atoms with Crippen LogP contribution in [0.15, 0.2) is 66.7 Å². The van der Waals surface area contributed by atoms with Gasteiger partial charge in [-0.15, -0.1) is 0 Å². The molecule has 0 N–H and O–H groups in total. The summed E-state index contributed by atoms with van der Waals surface area (Å²) < 4.78 is 0. The number of hydrogen-bond acceptors (Lipinski definition) is 3. The van der Waals surface area contributed by atoms with Gasteiger partial charge in [-0.05, 0) is 61.4 Å². The van der Waals surface area contributed by atoms with Crippen molar-refractivity contribution in [3.05, 3.63) is 89.0 Å². The Bertz CT molecular complexity index is 1180. The highest BCUT2D eigenvalue weighted by atomic mass is 16.2. The molecule has 162 valence electrons. The Morgan fingerprint density at radius 2 is 1.53 bits per heavy atom. The third-order valence-electron chi connectivity index (χ3n) is 6.64. The Kier molecular flexibility index (Phi) is 5.62. The van der Waals surface area contributed by atoms with Gasteiger partial charge in [0.25, 0.3) is 11.8 Å². The summed E-state index contributed by atoms with van der Waals surface area (Å²) >= 11 is 0. The van der Waals surface area contributed by atoms with E-state index in [1.165, 1.54) is 21.6 Å². The van der Waals surface area contributed by atoms with Crippen LogP contribution in [-0.4, -0.2) is 47.8 Å². The number of rotatable bonds is 6. The Hall–Kier alpha value is -3.24. The summed E-state index contributed by atoms with van der Waals surface area (Å²) in [5.41, 5.74) is 5.35. The van der Waals surface area contributed by atoms with Gasteiger partial charge in [0.1, 0.15) is 0 Å². The van der Waals surface area contributed by atoms with E-state index in [2.05, 4.69) is 42.2 Å². The quantitative estimate of drug-likeness (QED) is 0.398. The molecule has 0 fully saturated rings. The molecule has 0 atom stereocenters. The number of aryl methyl sites for hydroxylation is 1. The lowest BCUT2D eigenvalue weighted by Crippen LogP contribution is -2.41. The van der Waals surface area contributed by atoms with Gasteiger partial charge in [-0.1, -0.05) is 60.2 Å². The number of carbonyl (C=O) groups excluding carboxylic acids is 2. The fourth-order valence-electron chi connectivity index (χ4n) is 4.91. The molecule has 32 heavy (non-hydrogen) atoms. The van der Waals surface area contributed by atoms with Gasteiger partial charge in [0.15, 0.2) is 0 Å². The fraction of sp³-hybridized carbons (Fsp3) is 0.286. The molecule has 0 saturated heterocycles. The van der Waals surface area contributed by atoms with Gasteiger partial charge in [-0.25, -0.2) is 0 Å². The minimum atomic E-state index is -0.164. The van der Waals surface area contributed by atoms with Crippen LogP contribution >= 0.6 is 0 Å². The third-order valence-corrected chi connectivity index (χ3v) is 6.64. The summed E-state index contributed by atoms with van der Waals surface area (Å²) in [5.74, 6) is -0.328. The number of carbonyl (C=O) groups is 2. The smallest absolute Gasteiger partial charge is 0.261 e. The van der Waals surface area contributed by atoms with Gasteiger partial charge in [-0.3, -0.25) is 19.4 Å². The molecular weight excluding hydrogens is 396 g/mol. The molecular formula is C28H28N2O2. The second kappa shape index (κ2) is 8.71. The van der Waals surface area contributed by atoms with E-state index in [4.69, 9.17) is 0 Å². The summed E-state index contributed by atoms with van der Waals surface area (Å²) in [6, 6.07) is 20.1. The van der Waals surface area contributed by atoms with E-state index in [1.807, 2.05) is 36.4 Å². The van der Waals surface area contributed by atoms with Crippen molar-refractivity contribution in [3.63, 3.8) is 0 Å². The first-order valence-electron chi connectivity index (χ1n) is 11.5. The molecule has 2 heterocycles. The first-order chi connectivity index (χ1) is 15.6. The lowest BCUT2D eigenvalue weighted by atomic mass is 9.94. The van der Waals surface area contributed by atoms with E-state index in [0.717, 1.165) is 49.7 Å². The molecule has 2 aliphatic rings. The highest BCUT2D eigenvalue weighted by molar-refractivity contribution is 6.25. The number of hydrogen-bond donors (Lipinski definition) is 0. The molecule has 5 rings (SSSR count). The van der Waals surface area contributed by atoms with E-state index < -0.39 is 0 Å². The maximum atomic E-state index is 13.0. The van der Waals surface area contributed by atoms with Gasteiger partial charge in [0.2, 0.25) is 0 Å². The fourth-order valence-corrected chi connectivity index (χ4v) is 4.91. The van der Waals surface area contributed by atoms with Gasteiger partial charge in [0, 0.05) is 36.1 Å². The minimum absolute atomic E-state index is 0.164. The lowest BCUT2D eigenvalue weighted by Gasteiger charge is -2.28. The molecule has 0 aliphatic carbocycles. The topological polar surface area (TPSA) is 40.6 Å². The summed E-state index contributed by atoms with van der Waals surface area (Å²) in [6.07, 6.45) is 5.19. The van der Waals surface area contributed by atoms with E-state index >= 15 is 0 Å². The van der Waals surface area contributed by atoms with Crippen molar-refractivity contribution in [3.8, 4) is 0 Å². The van der Waals surface area contributed by atoms with E-state index in [9.17, 15) is 9.59 Å². The average Bonchev–Trinajstić information content (AvgIpc) is 2.82. The van der Waals surface area contributed by atoms with Gasteiger partial charge in [0.05, 0.1) is 0 Å². The van der Waals surface area contributed by atoms with Crippen LogP contribution in [0.3, 0.4) is 0 Å². The highest BCUT2D eigenvalue weighted by Gasteiger charge is 2.32. The van der Waals surface area contributed by atoms with Crippen molar-refractivity contribution < 1.29 is 9.59 Å². The molecule has 0 aromatic heterocycles. The molecule has 0 unspecified atom stereocenters. The first-order valence-corrected chi connectivity index (χ1v) is 11.5. The predicted molar refractivity (Wildman–Crippen MR) is 129 cm³/mol. The lowest BCUT2D eigenvalue weighted by molar-refractivity contribution is 0.0606. The number of benzene rings is 3. The Balaban J connectivity index is 1.17. The van der Waals surface area contributed by atoms with Crippen molar-refractivity contribution in [1.29, 1.82) is 0 Å². The van der Waals surface area contributed by atoms with Crippen LogP contribution in [0.25, 0.3) is 16.3 Å². The van der Waals surface area contributed by atoms with Crippen LogP contribution < -0.4 is 0 Å². The Morgan fingerprint density at radius 3 is 2.19 bits per heavy atom. The van der Waals surface area contributed by atoms with Crippen LogP contribution in [-0.2, 0) is 0 Å². The average molecular weight is 425 g/mol. The number of amides is 2. The predicted octanol–water partition coefficient (Wildman–Crippen LogP) is 5.31. The molecule has 0 spiro atoms. The molecule has 0 saturated carbocycles. The summed E-state index contributed by atoms with van der Waals surface area (Å²) in [6.45, 7) is 5.60. The van der Waals surface area contributed by atoms with Gasteiger partial charge in [-0.2, -0.15) is 0 Å². The van der Waals surface area contributed by atoms with Crippen LogP contribution in [0.1, 0.15) is 51.1 Å². The largest absolute Gasteiger partial charge is 0.299 e. The van der Waals surface area contributed by atoms with Crippen molar-refractivity contribution >= 4 is 28.2 Å². The third kappa shape index (κ3) is 3.87. The van der Waals surface area contributed by atoms with Crippen LogP contribution in [0.5, 0.6) is 0 Å². The van der Waals surface area contributed by atoms with Crippen LogP contribution in [0.4, 0.5) is 0 Å². The number of unbranched alkanes of at least 4 members (excludes halogenated alkanes) is 1. The van der Waals surface area contributed by atoms with Crippen molar-refractivity contribution in [2.45, 2.75) is 26.2 Å². The second-order valence-electron chi connectivity index (χ2n) is 8.83. The van der Waals surface area contributed by atoms with Crippen molar-refractivity contribution in [1.82, 2.24) is 9.80 Å². The van der Waals surface area contributed by atoms with E-state index in [-0.39, 0.29) is 11.8 Å². The van der Waals surface area contributed by atoms with Crippen LogP contribution in [0.2, 0.25) is 0 Å².